The van der Waals surface area contributed by atoms with Crippen LogP contribution in [0.5, 0.6) is 0 Å². The zero-order chi connectivity index (χ0) is 18.2. The number of nitrogens with zero attached hydrogens (tertiary/aromatic N) is 3. The molecule has 144 valence electrons. The quantitative estimate of drug-likeness (QED) is 0.847. The molecule has 0 unspecified atom stereocenters. The zero-order valence-corrected chi connectivity index (χ0v) is 15.9. The highest BCUT2D eigenvalue weighted by Gasteiger charge is 2.33. The van der Waals surface area contributed by atoms with Crippen molar-refractivity contribution in [3.05, 3.63) is 30.1 Å². The third kappa shape index (κ3) is 5.17. The van der Waals surface area contributed by atoms with Crippen molar-refractivity contribution in [1.29, 1.82) is 0 Å². The Bertz CT molecular complexity index is 540. The Labute approximate surface area is 156 Å². The van der Waals surface area contributed by atoms with Gasteiger partial charge in [0.15, 0.2) is 0 Å². The van der Waals surface area contributed by atoms with Gasteiger partial charge in [-0.2, -0.15) is 0 Å². The number of pyridine rings is 1. The first-order valence-electron chi connectivity index (χ1n) is 10.0. The summed E-state index contributed by atoms with van der Waals surface area (Å²) in [5.41, 5.74) is 1.26. The summed E-state index contributed by atoms with van der Waals surface area (Å²) >= 11 is 0. The van der Waals surface area contributed by atoms with Crippen molar-refractivity contribution in [3.63, 3.8) is 0 Å². The number of aromatic nitrogens is 1. The predicted octanol–water partition coefficient (Wildman–Crippen LogP) is 2.65. The number of carbonyl (C=O) groups excluding carboxylic acids is 1. The molecule has 2 amide bonds. The standard InChI is InChI=1S/C20H32N4O2/c1-2-9-22-20(25)24(19-7-13-26-14-8-19)18-5-11-23(12-6-18)16-17-4-3-10-21-15-17/h3-4,10,15,18-19H,2,5-9,11-14,16H2,1H3,(H,22,25). The van der Waals surface area contributed by atoms with E-state index in [0.29, 0.717) is 12.1 Å². The van der Waals surface area contributed by atoms with Gasteiger partial charge in [-0.15, -0.1) is 0 Å². The van der Waals surface area contributed by atoms with Gasteiger partial charge >= 0.3 is 6.03 Å². The maximum absolute atomic E-state index is 12.8. The molecule has 1 aromatic heterocycles. The molecule has 0 spiro atoms. The van der Waals surface area contributed by atoms with E-state index in [4.69, 9.17) is 4.74 Å². The van der Waals surface area contributed by atoms with Crippen molar-refractivity contribution in [2.75, 3.05) is 32.8 Å². The lowest BCUT2D eigenvalue weighted by atomic mass is 9.98. The maximum atomic E-state index is 12.8. The van der Waals surface area contributed by atoms with E-state index in [-0.39, 0.29) is 6.03 Å². The van der Waals surface area contributed by atoms with Crippen LogP contribution in [0, 0.1) is 0 Å². The highest BCUT2D eigenvalue weighted by Crippen LogP contribution is 2.24. The highest BCUT2D eigenvalue weighted by molar-refractivity contribution is 5.75. The average Bonchev–Trinajstić information content (AvgIpc) is 2.69. The van der Waals surface area contributed by atoms with Crippen LogP contribution in [0.25, 0.3) is 0 Å². The molecule has 6 heteroatoms. The lowest BCUT2D eigenvalue weighted by Crippen LogP contribution is -2.56. The van der Waals surface area contributed by atoms with Gasteiger partial charge in [0.25, 0.3) is 0 Å². The molecule has 0 aliphatic carbocycles. The molecule has 1 N–H and O–H groups in total. The number of nitrogens with one attached hydrogen (secondary N) is 1. The van der Waals surface area contributed by atoms with Crippen molar-refractivity contribution < 1.29 is 9.53 Å². The zero-order valence-electron chi connectivity index (χ0n) is 15.9. The first kappa shape index (κ1) is 19.1. The summed E-state index contributed by atoms with van der Waals surface area (Å²) in [6.07, 6.45) is 8.71. The lowest BCUT2D eigenvalue weighted by molar-refractivity contribution is 0.0204. The maximum Gasteiger partial charge on any atom is 0.317 e. The third-order valence-corrected chi connectivity index (χ3v) is 5.42. The van der Waals surface area contributed by atoms with Crippen LogP contribution in [0.15, 0.2) is 24.5 Å². The second-order valence-electron chi connectivity index (χ2n) is 7.35. The van der Waals surface area contributed by atoms with Crippen molar-refractivity contribution in [2.45, 2.75) is 57.7 Å². The number of piperidine rings is 1. The van der Waals surface area contributed by atoms with E-state index in [1.807, 2.05) is 18.5 Å². The fourth-order valence-corrected chi connectivity index (χ4v) is 4.02. The highest BCUT2D eigenvalue weighted by atomic mass is 16.5. The van der Waals surface area contributed by atoms with Gasteiger partial charge in [-0.3, -0.25) is 9.88 Å². The summed E-state index contributed by atoms with van der Waals surface area (Å²) in [4.78, 5) is 21.7. The fraction of sp³-hybridized carbons (Fsp3) is 0.700. The Morgan fingerprint density at radius 1 is 1.27 bits per heavy atom. The molecule has 2 aliphatic heterocycles. The Morgan fingerprint density at radius 2 is 2.00 bits per heavy atom. The number of urea groups is 1. The van der Waals surface area contributed by atoms with Gasteiger partial charge in [-0.25, -0.2) is 4.79 Å². The van der Waals surface area contributed by atoms with Crippen LogP contribution in [0.1, 0.15) is 44.6 Å². The molecular weight excluding hydrogens is 328 g/mol. The minimum absolute atomic E-state index is 0.115. The molecule has 0 radical (unpaired) electrons. The van der Waals surface area contributed by atoms with Crippen LogP contribution in [0.3, 0.4) is 0 Å². The van der Waals surface area contributed by atoms with Crippen molar-refractivity contribution in [3.8, 4) is 0 Å². The molecule has 2 aliphatic rings. The van der Waals surface area contributed by atoms with E-state index in [1.165, 1.54) is 5.56 Å². The van der Waals surface area contributed by atoms with Crippen molar-refractivity contribution in [2.24, 2.45) is 0 Å². The third-order valence-electron chi connectivity index (χ3n) is 5.42. The van der Waals surface area contributed by atoms with Gasteiger partial charge < -0.3 is 15.0 Å². The van der Waals surface area contributed by atoms with E-state index >= 15 is 0 Å². The number of hydrogen-bond acceptors (Lipinski definition) is 4. The van der Waals surface area contributed by atoms with Crippen LogP contribution in [-0.4, -0.2) is 65.7 Å². The number of carbonyl (C=O) groups is 1. The number of hydrogen-bond donors (Lipinski definition) is 1. The molecule has 0 bridgehead atoms. The topological polar surface area (TPSA) is 57.7 Å². The minimum atomic E-state index is 0.115. The average molecular weight is 361 g/mol. The summed E-state index contributed by atoms with van der Waals surface area (Å²) in [5.74, 6) is 0. The van der Waals surface area contributed by atoms with Crippen LogP contribution in [0.4, 0.5) is 4.79 Å². The smallest absolute Gasteiger partial charge is 0.317 e. The molecule has 2 fully saturated rings. The molecule has 0 saturated carbocycles. The number of rotatable bonds is 6. The van der Waals surface area contributed by atoms with Crippen molar-refractivity contribution >= 4 is 6.03 Å². The van der Waals surface area contributed by atoms with Gasteiger partial charge in [0.2, 0.25) is 0 Å². The summed E-state index contributed by atoms with van der Waals surface area (Å²) in [7, 11) is 0. The molecular formula is C20H32N4O2. The molecule has 2 saturated heterocycles. The first-order valence-corrected chi connectivity index (χ1v) is 10.0. The lowest BCUT2D eigenvalue weighted by Gasteiger charge is -2.43. The molecule has 3 rings (SSSR count). The number of likely N-dealkylation sites (tertiary alicyclic amines) is 1. The SMILES string of the molecule is CCCNC(=O)N(C1CCOCC1)C1CCN(Cc2cccnc2)CC1. The summed E-state index contributed by atoms with van der Waals surface area (Å²) in [6.45, 7) is 7.37. The summed E-state index contributed by atoms with van der Waals surface area (Å²) < 4.78 is 5.51. The number of ether oxygens (including phenoxy) is 1. The summed E-state index contributed by atoms with van der Waals surface area (Å²) in [5, 5.41) is 3.10. The van der Waals surface area contributed by atoms with E-state index in [0.717, 1.165) is 71.5 Å². The Kier molecular flexibility index (Phi) is 7.26. The van der Waals surface area contributed by atoms with Crippen LogP contribution >= 0.6 is 0 Å². The van der Waals surface area contributed by atoms with Gasteiger partial charge in [0.05, 0.1) is 0 Å². The molecule has 3 heterocycles. The van der Waals surface area contributed by atoms with Gasteiger partial charge in [0, 0.05) is 63.9 Å². The predicted molar refractivity (Wildman–Crippen MR) is 102 cm³/mol. The Balaban J connectivity index is 1.58. The second kappa shape index (κ2) is 9.88. The fourth-order valence-electron chi connectivity index (χ4n) is 4.02. The van der Waals surface area contributed by atoms with Gasteiger partial charge in [-0.1, -0.05) is 13.0 Å². The summed E-state index contributed by atoms with van der Waals surface area (Å²) in [6, 6.07) is 4.89. The second-order valence-corrected chi connectivity index (χ2v) is 7.35. The van der Waals surface area contributed by atoms with E-state index < -0.39 is 0 Å². The van der Waals surface area contributed by atoms with E-state index in [2.05, 4.69) is 33.1 Å². The van der Waals surface area contributed by atoms with Crippen LogP contribution < -0.4 is 5.32 Å². The van der Waals surface area contributed by atoms with Crippen LogP contribution in [0.2, 0.25) is 0 Å². The Morgan fingerprint density at radius 3 is 2.65 bits per heavy atom. The molecule has 0 atom stereocenters. The largest absolute Gasteiger partial charge is 0.381 e. The molecule has 6 nitrogen and oxygen atoms in total. The van der Waals surface area contributed by atoms with E-state index in [1.54, 1.807) is 0 Å². The Hall–Kier alpha value is -1.66. The number of amides is 2. The van der Waals surface area contributed by atoms with Gasteiger partial charge in [0.1, 0.15) is 0 Å². The van der Waals surface area contributed by atoms with Crippen molar-refractivity contribution in [1.82, 2.24) is 20.1 Å². The van der Waals surface area contributed by atoms with Crippen LogP contribution in [-0.2, 0) is 11.3 Å². The van der Waals surface area contributed by atoms with E-state index in [9.17, 15) is 4.79 Å². The first-order chi connectivity index (χ1) is 12.8. The molecule has 26 heavy (non-hydrogen) atoms. The normalized spacial score (nSPS) is 20.0. The van der Waals surface area contributed by atoms with Gasteiger partial charge in [-0.05, 0) is 43.7 Å². The minimum Gasteiger partial charge on any atom is -0.381 e. The molecule has 0 aromatic carbocycles. The molecule has 1 aromatic rings. The monoisotopic (exact) mass is 360 g/mol.